The number of carbonyl (C=O) groups excluding carboxylic acids is 1. The Morgan fingerprint density at radius 1 is 1.36 bits per heavy atom. The van der Waals surface area contributed by atoms with Gasteiger partial charge in [-0.2, -0.15) is 0 Å². The second-order valence-electron chi connectivity index (χ2n) is 7.83. The van der Waals surface area contributed by atoms with E-state index in [4.69, 9.17) is 4.74 Å². The van der Waals surface area contributed by atoms with Crippen molar-refractivity contribution in [1.29, 1.82) is 0 Å². The van der Waals surface area contributed by atoms with E-state index in [1.54, 1.807) is 5.57 Å². The summed E-state index contributed by atoms with van der Waals surface area (Å²) in [6.45, 7) is 11.9. The largest absolute Gasteiger partial charge is 0.461 e. The highest BCUT2D eigenvalue weighted by molar-refractivity contribution is 5.76. The van der Waals surface area contributed by atoms with Gasteiger partial charge in [-0.25, -0.2) is 0 Å². The maximum Gasteiger partial charge on any atom is 0.311 e. The maximum absolute atomic E-state index is 12.4. The molecule has 3 rings (SSSR count). The van der Waals surface area contributed by atoms with E-state index in [9.17, 15) is 4.79 Å². The number of allylic oxidation sites excluding steroid dienone is 1. The molecule has 0 amide bonds. The van der Waals surface area contributed by atoms with Crippen molar-refractivity contribution >= 4 is 5.97 Å². The Bertz CT molecular complexity index is 468. The zero-order valence-corrected chi connectivity index (χ0v) is 14.6. The molecule has 1 aliphatic heterocycles. The van der Waals surface area contributed by atoms with E-state index in [0.717, 1.165) is 26.1 Å². The van der Waals surface area contributed by atoms with E-state index in [2.05, 4.69) is 38.7 Å². The molecule has 22 heavy (non-hydrogen) atoms. The van der Waals surface area contributed by atoms with Crippen LogP contribution in [0.25, 0.3) is 0 Å². The van der Waals surface area contributed by atoms with Crippen molar-refractivity contribution in [3.8, 4) is 0 Å². The number of fused-ring (bicyclic) bond motifs is 2. The van der Waals surface area contributed by atoms with Crippen molar-refractivity contribution in [3.05, 3.63) is 11.6 Å². The summed E-state index contributed by atoms with van der Waals surface area (Å²) in [6.07, 6.45) is 7.47. The molecule has 0 aromatic carbocycles. The zero-order chi connectivity index (χ0) is 15.9. The average molecular weight is 305 g/mol. The first-order valence-corrected chi connectivity index (χ1v) is 9.13. The van der Waals surface area contributed by atoms with Crippen LogP contribution in [0.2, 0.25) is 0 Å². The first-order valence-electron chi connectivity index (χ1n) is 9.13. The fourth-order valence-corrected chi connectivity index (χ4v) is 5.02. The van der Waals surface area contributed by atoms with Crippen molar-refractivity contribution < 1.29 is 9.53 Å². The Labute approximate surface area is 135 Å². The van der Waals surface area contributed by atoms with Crippen molar-refractivity contribution in [2.24, 2.45) is 23.2 Å². The molecular formula is C19H31NO2. The van der Waals surface area contributed by atoms with Crippen LogP contribution in [0.4, 0.5) is 0 Å². The van der Waals surface area contributed by atoms with E-state index in [0.29, 0.717) is 11.8 Å². The van der Waals surface area contributed by atoms with Gasteiger partial charge in [0.05, 0.1) is 5.92 Å². The highest BCUT2D eigenvalue weighted by atomic mass is 16.6. The number of nitrogens with zero attached hydrogens (tertiary/aromatic N) is 1. The van der Waals surface area contributed by atoms with Crippen LogP contribution in [0.15, 0.2) is 11.6 Å². The summed E-state index contributed by atoms with van der Waals surface area (Å²) >= 11 is 0. The van der Waals surface area contributed by atoms with Crippen LogP contribution in [0.1, 0.15) is 53.4 Å². The highest BCUT2D eigenvalue weighted by Gasteiger charge is 2.51. The molecule has 0 N–H and O–H groups in total. The smallest absolute Gasteiger partial charge is 0.311 e. The van der Waals surface area contributed by atoms with Gasteiger partial charge in [-0.3, -0.25) is 4.79 Å². The number of rotatable bonds is 4. The predicted octanol–water partition coefficient (Wildman–Crippen LogP) is 3.64. The molecular weight excluding hydrogens is 274 g/mol. The zero-order valence-electron chi connectivity index (χ0n) is 14.6. The first-order chi connectivity index (χ1) is 10.5. The molecule has 3 heteroatoms. The summed E-state index contributed by atoms with van der Waals surface area (Å²) < 4.78 is 5.81. The van der Waals surface area contributed by atoms with Gasteiger partial charge in [0.15, 0.2) is 0 Å². The molecule has 0 aromatic heterocycles. The molecule has 3 nitrogen and oxygen atoms in total. The molecule has 1 heterocycles. The summed E-state index contributed by atoms with van der Waals surface area (Å²) in [6, 6.07) is 0. The van der Waals surface area contributed by atoms with Crippen molar-refractivity contribution in [2.75, 3.05) is 19.6 Å². The third kappa shape index (κ3) is 2.62. The summed E-state index contributed by atoms with van der Waals surface area (Å²) in [5.74, 6) is 1.05. The van der Waals surface area contributed by atoms with Gasteiger partial charge in [0.1, 0.15) is 6.10 Å². The summed E-state index contributed by atoms with van der Waals surface area (Å²) in [5.41, 5.74) is 1.88. The number of hydrogen-bond acceptors (Lipinski definition) is 3. The van der Waals surface area contributed by atoms with E-state index < -0.39 is 0 Å². The molecule has 1 saturated carbocycles. The Morgan fingerprint density at radius 3 is 2.77 bits per heavy atom. The standard InChI is InChI=1S/C19H31NO2/c1-5-20(6-2)12-15-14-10-16-13(3)8-7-9-19(16,4)11-17(14)22-18(15)21/h10,13-15,17H,5-9,11-12H2,1-4H3/t13-,14+,15-,17+,19+/m0/s1. The SMILES string of the molecule is CCN(CC)C[C@@H]1C(=O)O[C@@H]2C[C@@]3(C)CCC[C@H](C)C3=C[C@H]12. The first kappa shape index (κ1) is 16.0. The lowest BCUT2D eigenvalue weighted by Gasteiger charge is -2.46. The lowest BCUT2D eigenvalue weighted by Crippen LogP contribution is -2.40. The van der Waals surface area contributed by atoms with Gasteiger partial charge in [-0.1, -0.05) is 45.8 Å². The lowest BCUT2D eigenvalue weighted by molar-refractivity contribution is -0.145. The second-order valence-corrected chi connectivity index (χ2v) is 7.83. The van der Waals surface area contributed by atoms with E-state index in [1.807, 2.05) is 0 Å². The Morgan fingerprint density at radius 2 is 2.09 bits per heavy atom. The average Bonchev–Trinajstić information content (AvgIpc) is 2.77. The molecule has 0 bridgehead atoms. The maximum atomic E-state index is 12.4. The summed E-state index contributed by atoms with van der Waals surface area (Å²) in [7, 11) is 0. The molecule has 0 spiro atoms. The summed E-state index contributed by atoms with van der Waals surface area (Å²) in [4.78, 5) is 14.8. The van der Waals surface area contributed by atoms with Gasteiger partial charge < -0.3 is 9.64 Å². The number of hydrogen-bond donors (Lipinski definition) is 0. The third-order valence-electron chi connectivity index (χ3n) is 6.43. The molecule has 0 aromatic rings. The molecule has 5 atom stereocenters. The van der Waals surface area contributed by atoms with Gasteiger partial charge in [-0.05, 0) is 43.7 Å². The molecule has 2 aliphatic carbocycles. The topological polar surface area (TPSA) is 29.5 Å². The van der Waals surface area contributed by atoms with E-state index >= 15 is 0 Å². The second kappa shape index (κ2) is 5.99. The van der Waals surface area contributed by atoms with Crippen LogP contribution in [-0.2, 0) is 9.53 Å². The minimum absolute atomic E-state index is 0.0358. The Balaban J connectivity index is 1.86. The number of ether oxygens (including phenoxy) is 1. The Kier molecular flexibility index (Phi) is 4.37. The van der Waals surface area contributed by atoms with Crippen LogP contribution in [-0.4, -0.2) is 36.6 Å². The minimum atomic E-state index is 0.0358. The number of esters is 1. The van der Waals surface area contributed by atoms with Gasteiger partial charge in [0, 0.05) is 12.5 Å². The molecule has 0 unspecified atom stereocenters. The van der Waals surface area contributed by atoms with Crippen LogP contribution in [0.5, 0.6) is 0 Å². The fourth-order valence-electron chi connectivity index (χ4n) is 5.02. The lowest BCUT2D eigenvalue weighted by atomic mass is 9.59. The summed E-state index contributed by atoms with van der Waals surface area (Å²) in [5, 5.41) is 0. The molecule has 3 aliphatic rings. The predicted molar refractivity (Wildman–Crippen MR) is 88.5 cm³/mol. The van der Waals surface area contributed by atoms with E-state index in [1.165, 1.54) is 19.3 Å². The Hall–Kier alpha value is -0.830. The van der Waals surface area contributed by atoms with Gasteiger partial charge in [0.2, 0.25) is 0 Å². The number of carbonyl (C=O) groups is 1. The monoisotopic (exact) mass is 305 g/mol. The van der Waals surface area contributed by atoms with Crippen molar-refractivity contribution in [2.45, 2.75) is 59.5 Å². The van der Waals surface area contributed by atoms with Crippen molar-refractivity contribution in [1.82, 2.24) is 4.90 Å². The molecule has 2 fully saturated rings. The van der Waals surface area contributed by atoms with Gasteiger partial charge >= 0.3 is 5.97 Å². The van der Waals surface area contributed by atoms with Crippen LogP contribution in [0, 0.1) is 23.2 Å². The van der Waals surface area contributed by atoms with Crippen LogP contribution >= 0.6 is 0 Å². The molecule has 1 saturated heterocycles. The van der Waals surface area contributed by atoms with Gasteiger partial charge in [0.25, 0.3) is 0 Å². The van der Waals surface area contributed by atoms with Gasteiger partial charge in [-0.15, -0.1) is 0 Å². The minimum Gasteiger partial charge on any atom is -0.461 e. The third-order valence-corrected chi connectivity index (χ3v) is 6.43. The quantitative estimate of drug-likeness (QED) is 0.586. The highest BCUT2D eigenvalue weighted by Crippen LogP contribution is 2.53. The van der Waals surface area contributed by atoms with Crippen LogP contribution in [0.3, 0.4) is 0 Å². The van der Waals surface area contributed by atoms with Crippen LogP contribution < -0.4 is 0 Å². The fraction of sp³-hybridized carbons (Fsp3) is 0.842. The molecule has 124 valence electrons. The van der Waals surface area contributed by atoms with E-state index in [-0.39, 0.29) is 23.4 Å². The normalized spacial score (nSPS) is 41.0. The van der Waals surface area contributed by atoms with Crippen molar-refractivity contribution in [3.63, 3.8) is 0 Å². The molecule has 0 radical (unpaired) electrons.